The first-order valence-electron chi connectivity index (χ1n) is 8.49. The van der Waals surface area contributed by atoms with Crippen molar-refractivity contribution >= 4 is 16.7 Å². The highest BCUT2D eigenvalue weighted by atomic mass is 32.1. The van der Waals surface area contributed by atoms with Gasteiger partial charge < -0.3 is 14.7 Å². The van der Waals surface area contributed by atoms with Gasteiger partial charge in [0.05, 0.1) is 18.3 Å². The topological polar surface area (TPSA) is 61.7 Å². The summed E-state index contributed by atoms with van der Waals surface area (Å²) in [5.41, 5.74) is -0.203. The Morgan fingerprint density at radius 1 is 1.26 bits per heavy atom. The first kappa shape index (κ1) is 18.6. The molecule has 0 aliphatic carbocycles. The number of β-amino-alcohol motifs (C(OH)–C–C–N with tert-alkyl or cyclic N) is 1. The summed E-state index contributed by atoms with van der Waals surface area (Å²) < 4.78 is 10.0. The van der Waals surface area contributed by atoms with E-state index in [2.05, 4.69) is 26.1 Å². The second-order valence-corrected chi connectivity index (χ2v) is 7.80. The first-order valence-corrected chi connectivity index (χ1v) is 9.26. The molecule has 1 N–H and O–H groups in total. The van der Waals surface area contributed by atoms with Crippen LogP contribution in [0.25, 0.3) is 0 Å². The van der Waals surface area contributed by atoms with Crippen LogP contribution in [0.2, 0.25) is 0 Å². The normalized spacial score (nSPS) is 18.9. The van der Waals surface area contributed by atoms with Crippen molar-refractivity contribution < 1.29 is 9.84 Å². The van der Waals surface area contributed by atoms with Crippen LogP contribution in [0.5, 0.6) is 0 Å². The largest absolute Gasteiger partial charge is 0.389 e. The van der Waals surface area contributed by atoms with Crippen molar-refractivity contribution in [3.63, 3.8) is 0 Å². The van der Waals surface area contributed by atoms with Gasteiger partial charge in [0, 0.05) is 44.1 Å². The maximum atomic E-state index is 10.2. The van der Waals surface area contributed by atoms with Crippen LogP contribution in [-0.4, -0.2) is 70.4 Å². The lowest BCUT2D eigenvalue weighted by Crippen LogP contribution is -2.39. The third-order valence-electron chi connectivity index (χ3n) is 3.81. The Labute approximate surface area is 143 Å². The van der Waals surface area contributed by atoms with Crippen molar-refractivity contribution in [3.8, 4) is 0 Å². The van der Waals surface area contributed by atoms with E-state index in [0.29, 0.717) is 13.2 Å². The molecule has 0 amide bonds. The molecule has 7 heteroatoms. The molecule has 0 aromatic carbocycles. The summed E-state index contributed by atoms with van der Waals surface area (Å²) in [5.74, 6) is 0.931. The van der Waals surface area contributed by atoms with Gasteiger partial charge in [0.1, 0.15) is 5.82 Å². The minimum atomic E-state index is -0.436. The second kappa shape index (κ2) is 8.37. The monoisotopic (exact) mass is 342 g/mol. The highest BCUT2D eigenvalue weighted by molar-refractivity contribution is 7.09. The SMILES string of the molecule is CCc1nsc(N2CCCN(CC(O)COC(C)(C)C)CC2)n1. The molecular formula is C16H30N4O2S. The molecule has 1 aliphatic rings. The zero-order valence-corrected chi connectivity index (χ0v) is 15.6. The summed E-state index contributed by atoms with van der Waals surface area (Å²) in [4.78, 5) is 9.21. The Balaban J connectivity index is 1.79. The fraction of sp³-hybridized carbons (Fsp3) is 0.875. The predicted molar refractivity (Wildman–Crippen MR) is 94.3 cm³/mol. The van der Waals surface area contributed by atoms with Crippen molar-refractivity contribution in [2.75, 3.05) is 44.2 Å². The highest BCUT2D eigenvalue weighted by Crippen LogP contribution is 2.19. The Morgan fingerprint density at radius 3 is 2.70 bits per heavy atom. The molecule has 1 saturated heterocycles. The van der Waals surface area contributed by atoms with Gasteiger partial charge in [-0.3, -0.25) is 4.90 Å². The van der Waals surface area contributed by atoms with Crippen LogP contribution < -0.4 is 4.90 Å². The van der Waals surface area contributed by atoms with E-state index in [1.807, 2.05) is 20.8 Å². The molecule has 2 rings (SSSR count). The van der Waals surface area contributed by atoms with E-state index < -0.39 is 6.10 Å². The minimum Gasteiger partial charge on any atom is -0.389 e. The number of hydrogen-bond acceptors (Lipinski definition) is 7. The van der Waals surface area contributed by atoms with E-state index in [9.17, 15) is 5.11 Å². The molecule has 1 aromatic rings. The lowest BCUT2D eigenvalue weighted by Gasteiger charge is -2.26. The number of anilines is 1. The second-order valence-electron chi connectivity index (χ2n) is 7.07. The van der Waals surface area contributed by atoms with Crippen LogP contribution in [0.1, 0.15) is 39.9 Å². The number of rotatable bonds is 6. The van der Waals surface area contributed by atoms with Gasteiger partial charge in [0.25, 0.3) is 0 Å². The van der Waals surface area contributed by atoms with Crippen LogP contribution in [0.15, 0.2) is 0 Å². The minimum absolute atomic E-state index is 0.203. The predicted octanol–water partition coefficient (Wildman–Crippen LogP) is 1.79. The number of nitrogens with zero attached hydrogens (tertiary/aromatic N) is 4. The Kier molecular flexibility index (Phi) is 6.76. The number of aliphatic hydroxyl groups is 1. The van der Waals surface area contributed by atoms with Crippen molar-refractivity contribution in [2.24, 2.45) is 0 Å². The smallest absolute Gasteiger partial charge is 0.205 e. The maximum Gasteiger partial charge on any atom is 0.205 e. The number of ether oxygens (including phenoxy) is 1. The summed E-state index contributed by atoms with van der Waals surface area (Å²) >= 11 is 1.49. The van der Waals surface area contributed by atoms with Crippen LogP contribution in [0.3, 0.4) is 0 Å². The Hall–Kier alpha value is -0.760. The van der Waals surface area contributed by atoms with Gasteiger partial charge in [-0.05, 0) is 33.7 Å². The average Bonchev–Trinajstić information content (AvgIpc) is 2.85. The third kappa shape index (κ3) is 6.33. The summed E-state index contributed by atoms with van der Waals surface area (Å²) in [5, 5.41) is 11.2. The highest BCUT2D eigenvalue weighted by Gasteiger charge is 2.21. The summed E-state index contributed by atoms with van der Waals surface area (Å²) in [6.07, 6.45) is 1.53. The zero-order valence-electron chi connectivity index (χ0n) is 14.8. The van der Waals surface area contributed by atoms with Gasteiger partial charge >= 0.3 is 0 Å². The summed E-state index contributed by atoms with van der Waals surface area (Å²) in [7, 11) is 0. The van der Waals surface area contributed by atoms with E-state index in [4.69, 9.17) is 4.74 Å². The van der Waals surface area contributed by atoms with Gasteiger partial charge in [-0.1, -0.05) is 6.92 Å². The molecule has 0 bridgehead atoms. The standard InChI is InChI=1S/C16H30N4O2S/c1-5-14-17-15(23-18-14)20-8-6-7-19(9-10-20)11-13(21)12-22-16(2,3)4/h13,21H,5-12H2,1-4H3. The van der Waals surface area contributed by atoms with Gasteiger partial charge in [0.2, 0.25) is 5.13 Å². The molecule has 1 aliphatic heterocycles. The molecule has 132 valence electrons. The van der Waals surface area contributed by atoms with E-state index in [1.165, 1.54) is 11.5 Å². The zero-order chi connectivity index (χ0) is 16.9. The fourth-order valence-corrected chi connectivity index (χ4v) is 3.36. The quantitative estimate of drug-likeness (QED) is 0.850. The lowest BCUT2D eigenvalue weighted by atomic mass is 10.2. The van der Waals surface area contributed by atoms with Crippen molar-refractivity contribution in [1.82, 2.24) is 14.3 Å². The summed E-state index contributed by atoms with van der Waals surface area (Å²) in [6, 6.07) is 0. The molecule has 1 fully saturated rings. The van der Waals surface area contributed by atoms with Gasteiger partial charge in [-0.2, -0.15) is 4.37 Å². The Bertz CT molecular complexity index is 475. The fourth-order valence-electron chi connectivity index (χ4n) is 2.56. The van der Waals surface area contributed by atoms with E-state index in [-0.39, 0.29) is 5.60 Å². The molecule has 0 saturated carbocycles. The van der Waals surface area contributed by atoms with Gasteiger partial charge in [-0.15, -0.1) is 0 Å². The molecular weight excluding hydrogens is 312 g/mol. The molecule has 1 aromatic heterocycles. The van der Waals surface area contributed by atoms with E-state index in [0.717, 1.165) is 50.0 Å². The average molecular weight is 343 g/mol. The number of hydrogen-bond donors (Lipinski definition) is 1. The summed E-state index contributed by atoms with van der Waals surface area (Å²) in [6.45, 7) is 13.0. The van der Waals surface area contributed by atoms with E-state index >= 15 is 0 Å². The Morgan fingerprint density at radius 2 is 2.04 bits per heavy atom. The molecule has 2 heterocycles. The lowest BCUT2D eigenvalue weighted by molar-refractivity contribution is -0.0557. The van der Waals surface area contributed by atoms with Crippen LogP contribution >= 0.6 is 11.5 Å². The van der Waals surface area contributed by atoms with Gasteiger partial charge in [0.15, 0.2) is 0 Å². The van der Waals surface area contributed by atoms with Crippen molar-refractivity contribution in [3.05, 3.63) is 5.82 Å². The van der Waals surface area contributed by atoms with Gasteiger partial charge in [-0.25, -0.2) is 4.98 Å². The molecule has 1 atom stereocenters. The molecule has 6 nitrogen and oxygen atoms in total. The van der Waals surface area contributed by atoms with E-state index in [1.54, 1.807) is 0 Å². The molecule has 0 spiro atoms. The molecule has 1 unspecified atom stereocenters. The third-order valence-corrected chi connectivity index (χ3v) is 4.63. The molecule has 0 radical (unpaired) electrons. The van der Waals surface area contributed by atoms with Crippen LogP contribution in [-0.2, 0) is 11.2 Å². The molecule has 23 heavy (non-hydrogen) atoms. The number of aryl methyl sites for hydroxylation is 1. The number of aromatic nitrogens is 2. The van der Waals surface area contributed by atoms with Crippen LogP contribution in [0, 0.1) is 0 Å². The van der Waals surface area contributed by atoms with Crippen molar-refractivity contribution in [1.29, 1.82) is 0 Å². The van der Waals surface area contributed by atoms with Crippen LogP contribution in [0.4, 0.5) is 5.13 Å². The number of aliphatic hydroxyl groups excluding tert-OH is 1. The first-order chi connectivity index (χ1) is 10.9. The van der Waals surface area contributed by atoms with Crippen molar-refractivity contribution in [2.45, 2.75) is 52.2 Å². The maximum absolute atomic E-state index is 10.2.